The third-order valence-electron chi connectivity index (χ3n) is 3.03. The van der Waals surface area contributed by atoms with E-state index in [1.54, 1.807) is 16.2 Å². The minimum atomic E-state index is -0.588. The Balaban J connectivity index is 1.78. The second-order valence-corrected chi connectivity index (χ2v) is 5.50. The van der Waals surface area contributed by atoms with Crippen LogP contribution >= 0.6 is 11.8 Å². The number of nitro groups is 1. The average molecular weight is 359 g/mol. The van der Waals surface area contributed by atoms with Crippen molar-refractivity contribution in [2.45, 2.75) is 12.1 Å². The highest BCUT2D eigenvalue weighted by molar-refractivity contribution is 8.02. The third-order valence-corrected chi connectivity index (χ3v) is 3.77. The lowest BCUT2D eigenvalue weighted by Crippen LogP contribution is -2.03. The first-order valence-corrected chi connectivity index (χ1v) is 8.15. The van der Waals surface area contributed by atoms with Crippen molar-refractivity contribution >= 4 is 23.7 Å². The van der Waals surface area contributed by atoms with Crippen molar-refractivity contribution in [3.63, 3.8) is 0 Å². The second-order valence-electron chi connectivity index (χ2n) is 4.63. The highest BCUT2D eigenvalue weighted by Gasteiger charge is 2.13. The smallest absolute Gasteiger partial charge is 0.433 e. The lowest BCUT2D eigenvalue weighted by atomic mass is 10.3. The summed E-state index contributed by atoms with van der Waals surface area (Å²) in [4.78, 5) is 10.0. The van der Waals surface area contributed by atoms with Crippen molar-refractivity contribution in [1.29, 1.82) is 0 Å². The molecular weight excluding hydrogens is 346 g/mol. The number of rotatable bonds is 7. The van der Waals surface area contributed by atoms with E-state index < -0.39 is 4.92 Å². The molecule has 0 fully saturated rings. The molecule has 0 amide bonds. The van der Waals surface area contributed by atoms with Crippen molar-refractivity contribution in [3.8, 4) is 11.4 Å². The molecule has 0 spiro atoms. The van der Waals surface area contributed by atoms with Crippen molar-refractivity contribution in [3.05, 3.63) is 57.7 Å². The van der Waals surface area contributed by atoms with E-state index in [-0.39, 0.29) is 5.88 Å². The van der Waals surface area contributed by atoms with Gasteiger partial charge in [0.15, 0.2) is 0 Å². The molecular formula is C15H13N5O4S. The summed E-state index contributed by atoms with van der Waals surface area (Å²) in [6.45, 7) is 2.43. The predicted molar refractivity (Wildman–Crippen MR) is 90.6 cm³/mol. The Hall–Kier alpha value is -3.14. The molecule has 128 valence electrons. The zero-order valence-corrected chi connectivity index (χ0v) is 13.9. The van der Waals surface area contributed by atoms with E-state index in [2.05, 4.69) is 15.5 Å². The maximum Gasteiger partial charge on any atom is 0.433 e. The lowest BCUT2D eigenvalue weighted by Gasteiger charge is -2.09. The molecule has 0 aliphatic heterocycles. The molecule has 0 atom stereocenters. The lowest BCUT2D eigenvalue weighted by molar-refractivity contribution is -0.402. The standard InChI is InChI=1S/C15H13N5O4S/c1-2-23-13-6-4-3-5-12(13)19-15(16-17-18-19)25-10-9-11-7-8-14(24-11)20(21)22/h3-10H,2H2,1H3/b10-9+. The summed E-state index contributed by atoms with van der Waals surface area (Å²) in [6, 6.07) is 10.2. The average Bonchev–Trinajstić information content (AvgIpc) is 3.25. The zero-order chi connectivity index (χ0) is 17.6. The Bertz CT molecular complexity index is 905. The number of nitrogens with zero attached hydrogens (tertiary/aromatic N) is 5. The number of hydrogen-bond acceptors (Lipinski definition) is 8. The summed E-state index contributed by atoms with van der Waals surface area (Å²) in [6.07, 6.45) is 1.60. The van der Waals surface area contributed by atoms with Gasteiger partial charge in [-0.25, -0.2) is 0 Å². The first kappa shape index (κ1) is 16.7. The third kappa shape index (κ3) is 3.86. The van der Waals surface area contributed by atoms with E-state index in [1.165, 1.54) is 23.9 Å². The molecule has 0 bridgehead atoms. The van der Waals surface area contributed by atoms with E-state index in [0.717, 1.165) is 5.69 Å². The molecule has 0 aliphatic carbocycles. The molecule has 3 rings (SSSR count). The van der Waals surface area contributed by atoms with Gasteiger partial charge < -0.3 is 9.15 Å². The van der Waals surface area contributed by atoms with Crippen LogP contribution in [0, 0.1) is 10.1 Å². The van der Waals surface area contributed by atoms with E-state index in [4.69, 9.17) is 9.15 Å². The van der Waals surface area contributed by atoms with Crippen LogP contribution < -0.4 is 4.74 Å². The van der Waals surface area contributed by atoms with Gasteiger partial charge in [-0.3, -0.25) is 10.1 Å². The maximum absolute atomic E-state index is 10.6. The van der Waals surface area contributed by atoms with Crippen molar-refractivity contribution < 1.29 is 14.1 Å². The molecule has 2 heterocycles. The maximum atomic E-state index is 10.6. The highest BCUT2D eigenvalue weighted by atomic mass is 32.2. The summed E-state index contributed by atoms with van der Waals surface area (Å²) in [5, 5.41) is 24.5. The summed E-state index contributed by atoms with van der Waals surface area (Å²) in [5.41, 5.74) is 0.721. The van der Waals surface area contributed by atoms with Crippen LogP contribution in [0.15, 0.2) is 51.4 Å². The number of furan rings is 1. The summed E-state index contributed by atoms with van der Waals surface area (Å²) >= 11 is 1.25. The Morgan fingerprint density at radius 2 is 2.20 bits per heavy atom. The normalized spacial score (nSPS) is 11.1. The molecule has 0 saturated carbocycles. The van der Waals surface area contributed by atoms with Crippen molar-refractivity contribution in [1.82, 2.24) is 20.2 Å². The van der Waals surface area contributed by atoms with Gasteiger partial charge in [0.25, 0.3) is 0 Å². The fourth-order valence-corrected chi connectivity index (χ4v) is 2.65. The SMILES string of the molecule is CCOc1ccccc1-n1nnnc1S/C=C/c1ccc([N+](=O)[O-])o1. The van der Waals surface area contributed by atoms with E-state index in [9.17, 15) is 10.1 Å². The highest BCUT2D eigenvalue weighted by Crippen LogP contribution is 2.27. The molecule has 0 aliphatic rings. The summed E-state index contributed by atoms with van der Waals surface area (Å²) in [7, 11) is 0. The fourth-order valence-electron chi connectivity index (χ4n) is 2.01. The van der Waals surface area contributed by atoms with Gasteiger partial charge in [-0.05, 0) is 47.0 Å². The number of ether oxygens (including phenoxy) is 1. The second kappa shape index (κ2) is 7.62. The Kier molecular flexibility index (Phi) is 5.09. The molecule has 3 aromatic rings. The Morgan fingerprint density at radius 1 is 1.36 bits per heavy atom. The van der Waals surface area contributed by atoms with Crippen LogP contribution in [0.2, 0.25) is 0 Å². The van der Waals surface area contributed by atoms with Gasteiger partial charge in [0.2, 0.25) is 5.16 Å². The van der Waals surface area contributed by atoms with Gasteiger partial charge in [-0.15, -0.1) is 5.10 Å². The van der Waals surface area contributed by atoms with Crippen molar-refractivity contribution in [2.75, 3.05) is 6.61 Å². The van der Waals surface area contributed by atoms with Gasteiger partial charge >= 0.3 is 5.88 Å². The minimum absolute atomic E-state index is 0.305. The monoisotopic (exact) mass is 359 g/mol. The number of thioether (sulfide) groups is 1. The predicted octanol–water partition coefficient (Wildman–Crippen LogP) is 3.33. The van der Waals surface area contributed by atoms with E-state index in [1.807, 2.05) is 31.2 Å². The molecule has 25 heavy (non-hydrogen) atoms. The number of aromatic nitrogens is 4. The molecule has 10 heteroatoms. The van der Waals surface area contributed by atoms with Crippen molar-refractivity contribution in [2.24, 2.45) is 0 Å². The van der Waals surface area contributed by atoms with Gasteiger partial charge in [0, 0.05) is 0 Å². The van der Waals surface area contributed by atoms with Crippen LogP contribution in [0.25, 0.3) is 11.8 Å². The molecule has 0 radical (unpaired) electrons. The molecule has 0 N–H and O–H groups in total. The van der Waals surface area contributed by atoms with Crippen LogP contribution in [0.1, 0.15) is 12.7 Å². The molecule has 0 unspecified atom stereocenters. The Morgan fingerprint density at radius 3 is 2.96 bits per heavy atom. The van der Waals surface area contributed by atoms with Crippen LogP contribution in [0.4, 0.5) is 5.88 Å². The number of tetrazole rings is 1. The van der Waals surface area contributed by atoms with Gasteiger partial charge in [-0.1, -0.05) is 23.9 Å². The largest absolute Gasteiger partial charge is 0.492 e. The first-order valence-electron chi connectivity index (χ1n) is 7.27. The molecule has 1 aromatic carbocycles. The van der Waals surface area contributed by atoms with Crippen LogP contribution in [0.3, 0.4) is 0 Å². The number of benzene rings is 1. The minimum Gasteiger partial charge on any atom is -0.492 e. The van der Waals surface area contributed by atoms with Crippen LogP contribution in [-0.2, 0) is 0 Å². The summed E-state index contributed by atoms with van der Waals surface area (Å²) in [5.74, 6) is 0.734. The quantitative estimate of drug-likeness (QED) is 0.359. The van der Waals surface area contributed by atoms with Gasteiger partial charge in [0.1, 0.15) is 22.1 Å². The summed E-state index contributed by atoms with van der Waals surface area (Å²) < 4.78 is 12.2. The number of hydrogen-bond donors (Lipinski definition) is 0. The topological polar surface area (TPSA) is 109 Å². The number of para-hydroxylation sites is 2. The molecule has 2 aromatic heterocycles. The van der Waals surface area contributed by atoms with Gasteiger partial charge in [-0.2, -0.15) is 4.68 Å². The molecule has 9 nitrogen and oxygen atoms in total. The van der Waals surface area contributed by atoms with Crippen LogP contribution in [0.5, 0.6) is 5.75 Å². The Labute approximate surface area is 146 Å². The van der Waals surface area contributed by atoms with E-state index >= 15 is 0 Å². The fraction of sp³-hybridized carbons (Fsp3) is 0.133. The first-order chi connectivity index (χ1) is 12.2. The van der Waals surface area contributed by atoms with E-state index in [0.29, 0.717) is 23.3 Å². The molecule has 0 saturated heterocycles. The van der Waals surface area contributed by atoms with Crippen LogP contribution in [-0.4, -0.2) is 31.7 Å². The zero-order valence-electron chi connectivity index (χ0n) is 13.1. The van der Waals surface area contributed by atoms with Gasteiger partial charge in [0.05, 0.1) is 12.7 Å².